The first-order chi connectivity index (χ1) is 9.13. The molecule has 104 valence electrons. The van der Waals surface area contributed by atoms with Gasteiger partial charge in [-0.1, -0.05) is 13.0 Å². The fourth-order valence-corrected chi connectivity index (χ4v) is 3.14. The van der Waals surface area contributed by atoms with E-state index in [4.69, 9.17) is 15.2 Å². The summed E-state index contributed by atoms with van der Waals surface area (Å²) in [6, 6.07) is 6.88. The Balaban J connectivity index is 1.77. The smallest absolute Gasteiger partial charge is 0.231 e. The number of hydrogen-bond acceptors (Lipinski definition) is 4. The van der Waals surface area contributed by atoms with Crippen LogP contribution in [0.2, 0.25) is 0 Å². The molecule has 0 aromatic heterocycles. The van der Waals surface area contributed by atoms with Crippen molar-refractivity contribution in [2.24, 2.45) is 11.7 Å². The molecule has 2 aliphatic rings. The number of piperidine rings is 1. The second-order valence-electron chi connectivity index (χ2n) is 5.84. The highest BCUT2D eigenvalue weighted by atomic mass is 16.7. The van der Waals surface area contributed by atoms with Gasteiger partial charge in [-0.25, -0.2) is 0 Å². The summed E-state index contributed by atoms with van der Waals surface area (Å²) >= 11 is 0. The second kappa shape index (κ2) is 5.02. The predicted molar refractivity (Wildman–Crippen MR) is 74.3 cm³/mol. The molecule has 0 aliphatic carbocycles. The van der Waals surface area contributed by atoms with Crippen LogP contribution in [-0.4, -0.2) is 30.8 Å². The molecule has 1 aromatic rings. The van der Waals surface area contributed by atoms with Gasteiger partial charge in [0.2, 0.25) is 6.79 Å². The third-order valence-electron chi connectivity index (χ3n) is 4.15. The largest absolute Gasteiger partial charge is 0.454 e. The third kappa shape index (κ3) is 2.55. The summed E-state index contributed by atoms with van der Waals surface area (Å²) in [5, 5.41) is 0. The zero-order chi connectivity index (χ0) is 13.4. The van der Waals surface area contributed by atoms with Crippen LogP contribution in [0.25, 0.3) is 0 Å². The zero-order valence-electron chi connectivity index (χ0n) is 11.6. The average molecular weight is 262 g/mol. The molecule has 19 heavy (non-hydrogen) atoms. The number of fused-ring (bicyclic) bond motifs is 1. The highest BCUT2D eigenvalue weighted by Gasteiger charge is 2.27. The molecule has 1 saturated heterocycles. The summed E-state index contributed by atoms with van der Waals surface area (Å²) in [4.78, 5) is 2.47. The summed E-state index contributed by atoms with van der Waals surface area (Å²) in [6.45, 7) is 6.93. The number of benzene rings is 1. The van der Waals surface area contributed by atoms with Crippen molar-refractivity contribution in [2.75, 3.05) is 19.9 Å². The van der Waals surface area contributed by atoms with Crippen molar-refractivity contribution in [3.63, 3.8) is 0 Å². The molecular formula is C15H22N2O2. The standard InChI is InChI=1S/C15H22N2O2/c1-10-5-13(16)8-17(7-10)11(2)12-3-4-14-15(6-12)19-9-18-14/h3-4,6,10-11,13H,5,7-9,16H2,1-2H3. The van der Waals surface area contributed by atoms with Gasteiger partial charge in [0.1, 0.15) is 0 Å². The lowest BCUT2D eigenvalue weighted by molar-refractivity contribution is 0.124. The number of rotatable bonds is 2. The van der Waals surface area contributed by atoms with Gasteiger partial charge in [-0.3, -0.25) is 4.90 Å². The van der Waals surface area contributed by atoms with E-state index in [9.17, 15) is 0 Å². The second-order valence-corrected chi connectivity index (χ2v) is 5.84. The topological polar surface area (TPSA) is 47.7 Å². The van der Waals surface area contributed by atoms with Crippen LogP contribution < -0.4 is 15.2 Å². The van der Waals surface area contributed by atoms with E-state index in [2.05, 4.69) is 30.9 Å². The van der Waals surface area contributed by atoms with Gasteiger partial charge in [0.05, 0.1) is 0 Å². The number of ether oxygens (including phenoxy) is 2. The van der Waals surface area contributed by atoms with Crippen molar-refractivity contribution in [1.82, 2.24) is 4.90 Å². The van der Waals surface area contributed by atoms with Crippen molar-refractivity contribution in [3.05, 3.63) is 23.8 Å². The summed E-state index contributed by atoms with van der Waals surface area (Å²) in [7, 11) is 0. The number of hydrogen-bond donors (Lipinski definition) is 1. The van der Waals surface area contributed by atoms with E-state index >= 15 is 0 Å². The lowest BCUT2D eigenvalue weighted by atomic mass is 9.94. The van der Waals surface area contributed by atoms with E-state index in [0.717, 1.165) is 31.0 Å². The van der Waals surface area contributed by atoms with Crippen LogP contribution in [0.4, 0.5) is 0 Å². The molecule has 0 amide bonds. The van der Waals surface area contributed by atoms with Gasteiger partial charge >= 0.3 is 0 Å². The lowest BCUT2D eigenvalue weighted by Crippen LogP contribution is -2.47. The Morgan fingerprint density at radius 1 is 1.26 bits per heavy atom. The van der Waals surface area contributed by atoms with Gasteiger partial charge in [-0.05, 0) is 37.0 Å². The van der Waals surface area contributed by atoms with Gasteiger partial charge < -0.3 is 15.2 Å². The number of nitrogens with zero attached hydrogens (tertiary/aromatic N) is 1. The van der Waals surface area contributed by atoms with Crippen molar-refractivity contribution in [1.29, 1.82) is 0 Å². The molecule has 0 bridgehead atoms. The van der Waals surface area contributed by atoms with Crippen LogP contribution in [-0.2, 0) is 0 Å². The molecule has 4 heteroatoms. The molecular weight excluding hydrogens is 240 g/mol. The molecule has 1 fully saturated rings. The fourth-order valence-electron chi connectivity index (χ4n) is 3.14. The molecule has 4 nitrogen and oxygen atoms in total. The summed E-state index contributed by atoms with van der Waals surface area (Å²) in [5.41, 5.74) is 7.40. The monoisotopic (exact) mass is 262 g/mol. The highest BCUT2D eigenvalue weighted by molar-refractivity contribution is 5.45. The van der Waals surface area contributed by atoms with Crippen LogP contribution in [0, 0.1) is 5.92 Å². The summed E-state index contributed by atoms with van der Waals surface area (Å²) < 4.78 is 10.8. The van der Waals surface area contributed by atoms with E-state index in [0.29, 0.717) is 24.8 Å². The van der Waals surface area contributed by atoms with Crippen molar-refractivity contribution in [3.8, 4) is 11.5 Å². The molecule has 2 heterocycles. The molecule has 0 spiro atoms. The minimum atomic E-state index is 0.292. The maximum atomic E-state index is 6.14. The van der Waals surface area contributed by atoms with Crippen LogP contribution in [0.3, 0.4) is 0 Å². The Kier molecular flexibility index (Phi) is 3.37. The van der Waals surface area contributed by atoms with Crippen molar-refractivity contribution < 1.29 is 9.47 Å². The summed E-state index contributed by atoms with van der Waals surface area (Å²) in [5.74, 6) is 2.37. The van der Waals surface area contributed by atoms with Gasteiger partial charge in [0, 0.05) is 25.2 Å². The van der Waals surface area contributed by atoms with Gasteiger partial charge in [-0.15, -0.1) is 0 Å². The minimum absolute atomic E-state index is 0.292. The Morgan fingerprint density at radius 2 is 2.05 bits per heavy atom. The van der Waals surface area contributed by atoms with Gasteiger partial charge in [-0.2, -0.15) is 0 Å². The molecule has 3 unspecified atom stereocenters. The molecule has 3 atom stereocenters. The van der Waals surface area contributed by atoms with Crippen LogP contribution in [0.5, 0.6) is 11.5 Å². The number of nitrogens with two attached hydrogens (primary N) is 1. The first-order valence-corrected chi connectivity index (χ1v) is 7.02. The first-order valence-electron chi connectivity index (χ1n) is 7.02. The Morgan fingerprint density at radius 3 is 2.84 bits per heavy atom. The minimum Gasteiger partial charge on any atom is -0.454 e. The highest BCUT2D eigenvalue weighted by Crippen LogP contribution is 2.36. The normalized spacial score (nSPS) is 28.4. The maximum Gasteiger partial charge on any atom is 0.231 e. The summed E-state index contributed by atoms with van der Waals surface area (Å²) in [6.07, 6.45) is 1.13. The van der Waals surface area contributed by atoms with E-state index in [-0.39, 0.29) is 0 Å². The molecule has 0 radical (unpaired) electrons. The average Bonchev–Trinajstić information content (AvgIpc) is 2.83. The van der Waals surface area contributed by atoms with Crippen LogP contribution in [0.1, 0.15) is 31.9 Å². The molecule has 1 aromatic carbocycles. The first kappa shape index (κ1) is 12.8. The SMILES string of the molecule is CC1CC(N)CN(C(C)c2ccc3c(c2)OCO3)C1. The Labute approximate surface area is 114 Å². The third-order valence-corrected chi connectivity index (χ3v) is 4.15. The number of likely N-dealkylation sites (tertiary alicyclic amines) is 1. The van der Waals surface area contributed by atoms with E-state index in [1.54, 1.807) is 0 Å². The Bertz CT molecular complexity index is 453. The van der Waals surface area contributed by atoms with E-state index < -0.39 is 0 Å². The van der Waals surface area contributed by atoms with E-state index in [1.807, 2.05) is 6.07 Å². The van der Waals surface area contributed by atoms with Gasteiger partial charge in [0.15, 0.2) is 11.5 Å². The van der Waals surface area contributed by atoms with Crippen molar-refractivity contribution in [2.45, 2.75) is 32.4 Å². The Hall–Kier alpha value is -1.26. The van der Waals surface area contributed by atoms with Crippen LogP contribution in [0.15, 0.2) is 18.2 Å². The van der Waals surface area contributed by atoms with E-state index in [1.165, 1.54) is 5.56 Å². The van der Waals surface area contributed by atoms with Crippen LogP contribution >= 0.6 is 0 Å². The van der Waals surface area contributed by atoms with Gasteiger partial charge in [0.25, 0.3) is 0 Å². The predicted octanol–water partition coefficient (Wildman–Crippen LogP) is 2.15. The zero-order valence-corrected chi connectivity index (χ0v) is 11.6. The quantitative estimate of drug-likeness (QED) is 0.887. The molecule has 2 N–H and O–H groups in total. The van der Waals surface area contributed by atoms with Crippen molar-refractivity contribution >= 4 is 0 Å². The molecule has 0 saturated carbocycles. The molecule has 2 aliphatic heterocycles. The lowest BCUT2D eigenvalue weighted by Gasteiger charge is -2.38. The molecule has 3 rings (SSSR count). The maximum absolute atomic E-state index is 6.14. The fraction of sp³-hybridized carbons (Fsp3) is 0.600.